The van der Waals surface area contributed by atoms with Crippen LogP contribution in [-0.2, 0) is 28.9 Å². The number of hydrogen-bond acceptors (Lipinski definition) is 6. The number of hydrogen-bond donors (Lipinski definition) is 4. The van der Waals surface area contributed by atoms with Crippen LogP contribution in [0.5, 0.6) is 0 Å². The summed E-state index contributed by atoms with van der Waals surface area (Å²) in [7, 11) is 0. The van der Waals surface area contributed by atoms with E-state index < -0.39 is 6.09 Å². The summed E-state index contributed by atoms with van der Waals surface area (Å²) in [6.07, 6.45) is 4.15. The van der Waals surface area contributed by atoms with Gasteiger partial charge in [-0.2, -0.15) is 5.10 Å². The van der Waals surface area contributed by atoms with Crippen LogP contribution in [0.15, 0.2) is 36.5 Å². The molecule has 8 nitrogen and oxygen atoms in total. The first-order valence-electron chi connectivity index (χ1n) is 11.5. The lowest BCUT2D eigenvalue weighted by Crippen LogP contribution is -2.27. The van der Waals surface area contributed by atoms with Gasteiger partial charge in [0, 0.05) is 29.1 Å². The molecular formula is C25H31N5O3S. The average Bonchev–Trinajstić information content (AvgIpc) is 3.38. The van der Waals surface area contributed by atoms with Gasteiger partial charge in [0.2, 0.25) is 5.91 Å². The number of amides is 2. The van der Waals surface area contributed by atoms with Crippen LogP contribution in [0.25, 0.3) is 0 Å². The van der Waals surface area contributed by atoms with Crippen LogP contribution >= 0.6 is 11.3 Å². The number of nitrogens with zero attached hydrogens (tertiary/aromatic N) is 1. The Morgan fingerprint density at radius 2 is 2.12 bits per heavy atom. The number of aryl methyl sites for hydroxylation is 1. The fourth-order valence-electron chi connectivity index (χ4n) is 4.23. The molecule has 3 aromatic rings. The van der Waals surface area contributed by atoms with E-state index in [1.165, 1.54) is 11.3 Å². The predicted molar refractivity (Wildman–Crippen MR) is 134 cm³/mol. The molecule has 1 aromatic carbocycles. The molecule has 4 rings (SSSR count). The quantitative estimate of drug-likeness (QED) is 0.377. The van der Waals surface area contributed by atoms with Crippen molar-refractivity contribution in [3.63, 3.8) is 0 Å². The van der Waals surface area contributed by atoms with E-state index in [-0.39, 0.29) is 17.7 Å². The van der Waals surface area contributed by atoms with Crippen molar-refractivity contribution in [1.29, 1.82) is 0 Å². The number of carbonyl (C=O) groups excluding carboxylic acids is 2. The smallest absolute Gasteiger partial charge is 0.407 e. The third kappa shape index (κ3) is 5.77. The molecule has 0 bridgehead atoms. The van der Waals surface area contributed by atoms with Gasteiger partial charge < -0.3 is 21.1 Å². The number of anilines is 2. The molecule has 0 fully saturated rings. The van der Waals surface area contributed by atoms with Crippen LogP contribution < -0.4 is 16.4 Å². The minimum atomic E-state index is -0.433. The zero-order chi connectivity index (χ0) is 24.1. The number of rotatable bonds is 8. The maximum atomic E-state index is 12.6. The number of benzene rings is 1. The topological polar surface area (TPSA) is 122 Å². The molecule has 1 aliphatic carbocycles. The van der Waals surface area contributed by atoms with Crippen molar-refractivity contribution in [1.82, 2.24) is 15.5 Å². The first-order valence-corrected chi connectivity index (χ1v) is 12.4. The van der Waals surface area contributed by atoms with E-state index in [0.29, 0.717) is 25.3 Å². The van der Waals surface area contributed by atoms with Gasteiger partial charge in [-0.25, -0.2) is 4.79 Å². The van der Waals surface area contributed by atoms with Crippen LogP contribution in [0.4, 0.5) is 15.5 Å². The standard InChI is InChI=1S/C25H31N5O3S/c1-15(18-6-4-3-5-7-18)10-22(31)29-24-23(26)20-9-8-17(11-21(20)34-24)14-33-25(32)27-12-19-13-28-30-16(19)2/h3-7,13,15,17H,8-12,14,26H2,1-2H3,(H,27,32)(H,28,30)(H,29,31). The predicted octanol–water partition coefficient (Wildman–Crippen LogP) is 4.53. The molecule has 2 heterocycles. The van der Waals surface area contributed by atoms with Gasteiger partial charge >= 0.3 is 6.09 Å². The molecular weight excluding hydrogens is 450 g/mol. The second-order valence-electron chi connectivity index (χ2n) is 8.89. The zero-order valence-electron chi connectivity index (χ0n) is 19.5. The van der Waals surface area contributed by atoms with Crippen molar-refractivity contribution in [3.05, 3.63) is 63.8 Å². The summed E-state index contributed by atoms with van der Waals surface area (Å²) in [5.41, 5.74) is 11.2. The second kappa shape index (κ2) is 10.7. The van der Waals surface area contributed by atoms with Crippen molar-refractivity contribution >= 4 is 34.0 Å². The second-order valence-corrected chi connectivity index (χ2v) is 10.00. The molecule has 2 unspecified atom stereocenters. The van der Waals surface area contributed by atoms with Crippen LogP contribution in [0, 0.1) is 12.8 Å². The molecule has 0 aliphatic heterocycles. The molecule has 1 aliphatic rings. The molecule has 0 radical (unpaired) electrons. The molecule has 0 saturated heterocycles. The van der Waals surface area contributed by atoms with Crippen molar-refractivity contribution in [3.8, 4) is 0 Å². The molecule has 2 amide bonds. The van der Waals surface area contributed by atoms with Crippen LogP contribution in [0.3, 0.4) is 0 Å². The SMILES string of the molecule is Cc1[nH]ncc1CNC(=O)OCC1CCc2c(sc(NC(=O)CC(C)c3ccccc3)c2N)C1. The Balaban J connectivity index is 1.27. The van der Waals surface area contributed by atoms with E-state index in [2.05, 4.69) is 27.8 Å². The number of thiophene rings is 1. The van der Waals surface area contributed by atoms with Crippen LogP contribution in [0.2, 0.25) is 0 Å². The number of aromatic amines is 1. The molecule has 9 heteroatoms. The third-order valence-corrected chi connectivity index (χ3v) is 7.51. The fraction of sp³-hybridized carbons (Fsp3) is 0.400. The van der Waals surface area contributed by atoms with Gasteiger partial charge in [0.15, 0.2) is 0 Å². The fourth-order valence-corrected chi connectivity index (χ4v) is 5.53. The lowest BCUT2D eigenvalue weighted by atomic mass is 9.89. The minimum Gasteiger partial charge on any atom is -0.449 e. The maximum absolute atomic E-state index is 12.6. The van der Waals surface area contributed by atoms with E-state index >= 15 is 0 Å². The van der Waals surface area contributed by atoms with Crippen molar-refractivity contribution < 1.29 is 14.3 Å². The molecule has 2 atom stereocenters. The number of nitrogens with one attached hydrogen (secondary N) is 3. The Bertz CT molecular complexity index is 1140. The number of ether oxygens (including phenoxy) is 1. The van der Waals surface area contributed by atoms with Gasteiger partial charge in [-0.3, -0.25) is 9.89 Å². The van der Waals surface area contributed by atoms with E-state index in [1.807, 2.05) is 37.3 Å². The Labute approximate surface area is 203 Å². The Kier molecular flexibility index (Phi) is 7.52. The average molecular weight is 482 g/mol. The van der Waals surface area contributed by atoms with E-state index in [4.69, 9.17) is 10.5 Å². The number of nitrogens with two attached hydrogens (primary N) is 1. The molecule has 5 N–H and O–H groups in total. The first-order chi connectivity index (χ1) is 16.4. The van der Waals surface area contributed by atoms with Crippen molar-refractivity contribution in [2.75, 3.05) is 17.7 Å². The van der Waals surface area contributed by atoms with Gasteiger partial charge in [-0.05, 0) is 49.1 Å². The minimum absolute atomic E-state index is 0.0361. The Morgan fingerprint density at radius 3 is 2.85 bits per heavy atom. The molecule has 34 heavy (non-hydrogen) atoms. The monoisotopic (exact) mass is 481 g/mol. The largest absolute Gasteiger partial charge is 0.449 e. The summed E-state index contributed by atoms with van der Waals surface area (Å²) < 4.78 is 5.45. The Hall–Kier alpha value is -3.33. The molecule has 180 valence electrons. The highest BCUT2D eigenvalue weighted by Crippen LogP contribution is 2.41. The summed E-state index contributed by atoms with van der Waals surface area (Å²) in [5, 5.41) is 13.3. The van der Waals surface area contributed by atoms with Gasteiger partial charge in [0.25, 0.3) is 0 Å². The van der Waals surface area contributed by atoms with Gasteiger partial charge in [-0.1, -0.05) is 37.3 Å². The van der Waals surface area contributed by atoms with Crippen LogP contribution in [-0.4, -0.2) is 28.8 Å². The van der Waals surface area contributed by atoms with Crippen molar-refractivity contribution in [2.24, 2.45) is 5.92 Å². The lowest BCUT2D eigenvalue weighted by Gasteiger charge is -2.22. The summed E-state index contributed by atoms with van der Waals surface area (Å²) in [5.74, 6) is 0.321. The number of aromatic nitrogens is 2. The molecule has 2 aromatic heterocycles. The molecule has 0 spiro atoms. The number of fused-ring (bicyclic) bond motifs is 1. The summed E-state index contributed by atoms with van der Waals surface area (Å²) in [6, 6.07) is 10.0. The molecule has 0 saturated carbocycles. The zero-order valence-corrected chi connectivity index (χ0v) is 20.3. The number of alkyl carbamates (subject to hydrolysis) is 1. The first kappa shape index (κ1) is 23.8. The normalized spacial score (nSPS) is 15.9. The van der Waals surface area contributed by atoms with Gasteiger partial charge in [-0.15, -0.1) is 11.3 Å². The van der Waals surface area contributed by atoms with Gasteiger partial charge in [0.1, 0.15) is 5.00 Å². The van der Waals surface area contributed by atoms with Gasteiger partial charge in [0.05, 0.1) is 18.5 Å². The lowest BCUT2D eigenvalue weighted by molar-refractivity contribution is -0.116. The highest BCUT2D eigenvalue weighted by Gasteiger charge is 2.26. The number of H-pyrrole nitrogens is 1. The third-order valence-electron chi connectivity index (χ3n) is 6.33. The number of carbonyl (C=O) groups is 2. The maximum Gasteiger partial charge on any atom is 0.407 e. The van der Waals surface area contributed by atoms with Crippen LogP contribution in [0.1, 0.15) is 52.9 Å². The van der Waals surface area contributed by atoms with E-state index in [9.17, 15) is 9.59 Å². The van der Waals surface area contributed by atoms with E-state index in [0.717, 1.165) is 51.5 Å². The summed E-state index contributed by atoms with van der Waals surface area (Å²) in [6.45, 7) is 4.68. The van der Waals surface area contributed by atoms with E-state index in [1.54, 1.807) is 6.20 Å². The highest BCUT2D eigenvalue weighted by molar-refractivity contribution is 7.17. The van der Waals surface area contributed by atoms with Crippen molar-refractivity contribution in [2.45, 2.75) is 52.0 Å². The summed E-state index contributed by atoms with van der Waals surface area (Å²) >= 11 is 1.54. The summed E-state index contributed by atoms with van der Waals surface area (Å²) in [4.78, 5) is 25.9. The highest BCUT2D eigenvalue weighted by atomic mass is 32.1. The Morgan fingerprint density at radius 1 is 1.32 bits per heavy atom. The number of nitrogen functional groups attached to an aromatic ring is 1.